The monoisotopic (exact) mass is 233 g/mol. The summed E-state index contributed by atoms with van der Waals surface area (Å²) in [5, 5.41) is 2.55. The Hall–Kier alpha value is -1.23. The fourth-order valence-corrected chi connectivity index (χ4v) is 1.36. The summed E-state index contributed by atoms with van der Waals surface area (Å²) in [4.78, 5) is 0. The van der Waals surface area contributed by atoms with E-state index < -0.39 is 24.8 Å². The van der Waals surface area contributed by atoms with Crippen molar-refractivity contribution in [2.24, 2.45) is 0 Å². The highest BCUT2D eigenvalue weighted by Crippen LogP contribution is 2.21. The number of hydrogen-bond donors (Lipinski definition) is 1. The molecule has 0 spiro atoms. The Morgan fingerprint density at radius 2 is 2.06 bits per heavy atom. The van der Waals surface area contributed by atoms with Crippen LogP contribution in [0.5, 0.6) is 5.75 Å². The molecular weight excluding hydrogens is 219 g/mol. The van der Waals surface area contributed by atoms with Gasteiger partial charge in [-0.1, -0.05) is 6.07 Å². The molecule has 0 aliphatic carbocycles. The van der Waals surface area contributed by atoms with E-state index in [0.29, 0.717) is 11.3 Å². The van der Waals surface area contributed by atoms with E-state index in [4.69, 9.17) is 4.74 Å². The van der Waals surface area contributed by atoms with Crippen molar-refractivity contribution in [3.8, 4) is 5.75 Å². The van der Waals surface area contributed by atoms with Crippen LogP contribution >= 0.6 is 0 Å². The number of benzene rings is 1. The van der Waals surface area contributed by atoms with Crippen molar-refractivity contribution in [2.75, 3.05) is 13.7 Å². The van der Waals surface area contributed by atoms with Gasteiger partial charge in [0.2, 0.25) is 0 Å². The topological polar surface area (TPSA) is 21.3 Å². The fourth-order valence-electron chi connectivity index (χ4n) is 1.36. The van der Waals surface area contributed by atoms with Crippen molar-refractivity contribution in [1.29, 1.82) is 0 Å². The second-order valence-electron chi connectivity index (χ2n) is 3.41. The Bertz CT molecular complexity index is 344. The quantitative estimate of drug-likeness (QED) is 0.844. The van der Waals surface area contributed by atoms with Gasteiger partial charge in [0.25, 0.3) is 6.43 Å². The van der Waals surface area contributed by atoms with E-state index in [1.807, 2.05) is 0 Å². The molecule has 0 aromatic heterocycles. The maximum atomic E-state index is 13.5. The average molecular weight is 233 g/mol. The zero-order valence-electron chi connectivity index (χ0n) is 9.14. The lowest BCUT2D eigenvalue weighted by molar-refractivity contribution is 0.142. The Balaban J connectivity index is 2.71. The third kappa shape index (κ3) is 3.41. The summed E-state index contributed by atoms with van der Waals surface area (Å²) in [5.41, 5.74) is 0.349. The molecule has 1 rings (SSSR count). The summed E-state index contributed by atoms with van der Waals surface area (Å²) >= 11 is 0. The Morgan fingerprint density at radius 3 is 2.56 bits per heavy atom. The number of hydrogen-bond acceptors (Lipinski definition) is 2. The summed E-state index contributed by atoms with van der Waals surface area (Å²) in [6.07, 6.45) is -2.44. The van der Waals surface area contributed by atoms with E-state index in [1.54, 1.807) is 13.0 Å². The molecule has 1 unspecified atom stereocenters. The summed E-state index contributed by atoms with van der Waals surface area (Å²) in [5.74, 6) is -0.0593. The number of alkyl halides is 2. The molecule has 1 aromatic rings. The van der Waals surface area contributed by atoms with Crippen LogP contribution in [0.25, 0.3) is 0 Å². The lowest BCUT2D eigenvalue weighted by atomic mass is 10.1. The van der Waals surface area contributed by atoms with Crippen molar-refractivity contribution in [1.82, 2.24) is 5.32 Å². The summed E-state index contributed by atoms with van der Waals surface area (Å²) in [7, 11) is 1.44. The van der Waals surface area contributed by atoms with Gasteiger partial charge >= 0.3 is 0 Å². The van der Waals surface area contributed by atoms with Crippen LogP contribution in [0.3, 0.4) is 0 Å². The van der Waals surface area contributed by atoms with Crippen LogP contribution in [0.2, 0.25) is 0 Å². The molecule has 0 aliphatic rings. The largest absolute Gasteiger partial charge is 0.497 e. The van der Waals surface area contributed by atoms with E-state index in [0.717, 1.165) is 0 Å². The lowest BCUT2D eigenvalue weighted by Crippen LogP contribution is -2.25. The number of halogens is 3. The van der Waals surface area contributed by atoms with Gasteiger partial charge < -0.3 is 10.1 Å². The second-order valence-corrected chi connectivity index (χ2v) is 3.41. The van der Waals surface area contributed by atoms with Crippen LogP contribution in [-0.2, 0) is 0 Å². The number of rotatable bonds is 5. The normalized spacial score (nSPS) is 12.9. The third-order valence-corrected chi connectivity index (χ3v) is 2.25. The molecule has 0 saturated heterocycles. The molecule has 2 nitrogen and oxygen atoms in total. The zero-order chi connectivity index (χ0) is 12.1. The van der Waals surface area contributed by atoms with Crippen LogP contribution in [0.15, 0.2) is 18.2 Å². The third-order valence-electron chi connectivity index (χ3n) is 2.25. The van der Waals surface area contributed by atoms with Crippen molar-refractivity contribution < 1.29 is 17.9 Å². The molecule has 90 valence electrons. The van der Waals surface area contributed by atoms with Crippen molar-refractivity contribution in [3.63, 3.8) is 0 Å². The fraction of sp³-hybridized carbons (Fsp3) is 0.455. The van der Waals surface area contributed by atoms with Gasteiger partial charge in [0.05, 0.1) is 13.7 Å². The smallest absolute Gasteiger partial charge is 0.250 e. The molecule has 1 aromatic carbocycles. The first-order valence-corrected chi connectivity index (χ1v) is 4.89. The highest BCUT2D eigenvalue weighted by atomic mass is 19.3. The number of ether oxygens (including phenoxy) is 1. The van der Waals surface area contributed by atoms with E-state index in [1.165, 1.54) is 19.2 Å². The Kier molecular flexibility index (Phi) is 4.61. The van der Waals surface area contributed by atoms with Crippen molar-refractivity contribution in [2.45, 2.75) is 19.4 Å². The summed E-state index contributed by atoms with van der Waals surface area (Å²) in [6.45, 7) is 1.18. The molecule has 0 saturated carbocycles. The maximum absolute atomic E-state index is 13.5. The average Bonchev–Trinajstić information content (AvgIpc) is 2.25. The van der Waals surface area contributed by atoms with E-state index in [-0.39, 0.29) is 0 Å². The van der Waals surface area contributed by atoms with Gasteiger partial charge in [0, 0.05) is 17.7 Å². The van der Waals surface area contributed by atoms with E-state index >= 15 is 0 Å². The molecule has 0 amide bonds. The number of nitrogens with one attached hydrogen (secondary N) is 1. The maximum Gasteiger partial charge on any atom is 0.250 e. The Morgan fingerprint density at radius 1 is 1.38 bits per heavy atom. The molecule has 1 N–H and O–H groups in total. The zero-order valence-corrected chi connectivity index (χ0v) is 9.14. The van der Waals surface area contributed by atoms with E-state index in [2.05, 4.69) is 5.32 Å². The highest BCUT2D eigenvalue weighted by Gasteiger charge is 2.13. The minimum Gasteiger partial charge on any atom is -0.497 e. The van der Waals surface area contributed by atoms with Crippen LogP contribution in [-0.4, -0.2) is 20.1 Å². The van der Waals surface area contributed by atoms with Gasteiger partial charge in [-0.25, -0.2) is 13.2 Å². The summed E-state index contributed by atoms with van der Waals surface area (Å²) in [6, 6.07) is 3.89. The predicted octanol–water partition coefficient (Wildman–Crippen LogP) is 2.75. The number of methoxy groups -OCH3 is 1. The molecule has 16 heavy (non-hydrogen) atoms. The molecule has 0 heterocycles. The van der Waals surface area contributed by atoms with Crippen molar-refractivity contribution >= 4 is 0 Å². The van der Waals surface area contributed by atoms with Gasteiger partial charge in [0.1, 0.15) is 11.6 Å². The molecule has 0 radical (unpaired) electrons. The van der Waals surface area contributed by atoms with Crippen LogP contribution in [0.1, 0.15) is 18.5 Å². The highest BCUT2D eigenvalue weighted by molar-refractivity contribution is 5.30. The van der Waals surface area contributed by atoms with Gasteiger partial charge in [-0.15, -0.1) is 0 Å². The van der Waals surface area contributed by atoms with Crippen LogP contribution in [0, 0.1) is 5.82 Å². The Labute approximate surface area is 92.4 Å². The second kappa shape index (κ2) is 5.75. The molecule has 1 atom stereocenters. The van der Waals surface area contributed by atoms with Gasteiger partial charge in [-0.3, -0.25) is 0 Å². The summed E-state index contributed by atoms with van der Waals surface area (Å²) < 4.78 is 42.3. The van der Waals surface area contributed by atoms with Gasteiger partial charge in [0.15, 0.2) is 0 Å². The predicted molar refractivity (Wildman–Crippen MR) is 55.4 cm³/mol. The molecule has 0 bridgehead atoms. The van der Waals surface area contributed by atoms with Crippen molar-refractivity contribution in [3.05, 3.63) is 29.6 Å². The van der Waals surface area contributed by atoms with Crippen LogP contribution < -0.4 is 10.1 Å². The van der Waals surface area contributed by atoms with Crippen LogP contribution in [0.4, 0.5) is 13.2 Å². The minimum absolute atomic E-state index is 0.349. The molecule has 5 heteroatoms. The SMILES string of the molecule is COc1ccc(C(C)NCC(F)F)c(F)c1. The molecule has 0 fully saturated rings. The van der Waals surface area contributed by atoms with E-state index in [9.17, 15) is 13.2 Å². The van der Waals surface area contributed by atoms with Gasteiger partial charge in [-0.05, 0) is 13.0 Å². The first kappa shape index (κ1) is 12.8. The minimum atomic E-state index is -2.44. The first-order valence-electron chi connectivity index (χ1n) is 4.89. The standard InChI is InChI=1S/C11H14F3NO/c1-7(15-6-11(13)14)9-4-3-8(16-2)5-10(9)12/h3-5,7,11,15H,6H2,1-2H3. The molecule has 0 aliphatic heterocycles. The van der Waals surface area contributed by atoms with Gasteiger partial charge in [-0.2, -0.15) is 0 Å². The first-order chi connectivity index (χ1) is 7.54. The lowest BCUT2D eigenvalue weighted by Gasteiger charge is -2.15. The molecular formula is C11H14F3NO.